The van der Waals surface area contributed by atoms with Crippen LogP contribution in [0.3, 0.4) is 0 Å². The maximum Gasteiger partial charge on any atom is 0.330 e. The van der Waals surface area contributed by atoms with Gasteiger partial charge in [0.15, 0.2) is 0 Å². The van der Waals surface area contributed by atoms with Gasteiger partial charge in [0.25, 0.3) is 0 Å². The summed E-state index contributed by atoms with van der Waals surface area (Å²) in [4.78, 5) is 14.2. The zero-order valence-electron chi connectivity index (χ0n) is 11.7. The first-order valence-electron chi connectivity index (χ1n) is 6.70. The van der Waals surface area contributed by atoms with Gasteiger partial charge in [-0.05, 0) is 46.4 Å². The Balaban J connectivity index is 1.86. The number of nitrogens with one attached hydrogen (secondary N) is 1. The first kappa shape index (κ1) is 13.2. The van der Waals surface area contributed by atoms with Gasteiger partial charge in [0.2, 0.25) is 0 Å². The lowest BCUT2D eigenvalue weighted by molar-refractivity contribution is -0.134. The second kappa shape index (κ2) is 5.67. The van der Waals surface area contributed by atoms with Crippen molar-refractivity contribution in [2.75, 3.05) is 7.11 Å². The summed E-state index contributed by atoms with van der Waals surface area (Å²) >= 11 is 0. The van der Waals surface area contributed by atoms with Gasteiger partial charge in [-0.15, -0.1) is 0 Å². The number of hydrogen-bond donors (Lipinski definition) is 1. The molecule has 0 atom stereocenters. The monoisotopic (exact) mass is 277 g/mol. The number of aromatic amines is 1. The summed E-state index contributed by atoms with van der Waals surface area (Å²) in [6.07, 6.45) is 5.10. The molecule has 0 aliphatic heterocycles. The Hall–Kier alpha value is -2.81. The standard InChI is InChI=1S/C18H15NO2/c1-21-18(20)9-4-13-2-5-14(6-3-13)15-7-8-17-16(12-15)10-11-19-17/h2-12,19H,1H3/b9-4+. The van der Waals surface area contributed by atoms with Gasteiger partial charge >= 0.3 is 5.97 Å². The minimum atomic E-state index is -0.350. The van der Waals surface area contributed by atoms with Crippen LogP contribution >= 0.6 is 0 Å². The average Bonchev–Trinajstić information content (AvgIpc) is 3.00. The van der Waals surface area contributed by atoms with Crippen molar-refractivity contribution in [1.29, 1.82) is 0 Å². The molecule has 104 valence electrons. The molecule has 0 radical (unpaired) electrons. The zero-order chi connectivity index (χ0) is 14.7. The van der Waals surface area contributed by atoms with Gasteiger partial charge in [-0.2, -0.15) is 0 Å². The third-order valence-electron chi connectivity index (χ3n) is 3.41. The van der Waals surface area contributed by atoms with E-state index in [4.69, 9.17) is 0 Å². The van der Waals surface area contributed by atoms with Crippen molar-refractivity contribution < 1.29 is 9.53 Å². The molecule has 0 spiro atoms. The first-order valence-corrected chi connectivity index (χ1v) is 6.70. The van der Waals surface area contributed by atoms with Crippen molar-refractivity contribution in [3.8, 4) is 11.1 Å². The molecule has 1 aromatic heterocycles. The predicted octanol–water partition coefficient (Wildman–Crippen LogP) is 4.02. The molecule has 0 amide bonds. The molecular weight excluding hydrogens is 262 g/mol. The summed E-state index contributed by atoms with van der Waals surface area (Å²) < 4.78 is 4.57. The Kier molecular flexibility index (Phi) is 3.56. The maximum atomic E-state index is 11.1. The van der Waals surface area contributed by atoms with Gasteiger partial charge in [0.1, 0.15) is 0 Å². The van der Waals surface area contributed by atoms with Crippen LogP contribution in [0.4, 0.5) is 0 Å². The summed E-state index contributed by atoms with van der Waals surface area (Å²) in [5.41, 5.74) is 4.42. The minimum Gasteiger partial charge on any atom is -0.466 e. The van der Waals surface area contributed by atoms with Crippen LogP contribution in [0, 0.1) is 0 Å². The van der Waals surface area contributed by atoms with Gasteiger partial charge in [-0.25, -0.2) is 4.79 Å². The van der Waals surface area contributed by atoms with Gasteiger partial charge in [0, 0.05) is 17.8 Å². The quantitative estimate of drug-likeness (QED) is 0.580. The third-order valence-corrected chi connectivity index (χ3v) is 3.41. The number of aromatic nitrogens is 1. The summed E-state index contributed by atoms with van der Waals surface area (Å²) in [7, 11) is 1.37. The molecule has 0 unspecified atom stereocenters. The van der Waals surface area contributed by atoms with E-state index in [1.54, 1.807) is 6.08 Å². The molecule has 3 aromatic rings. The highest BCUT2D eigenvalue weighted by Gasteiger charge is 2.00. The lowest BCUT2D eigenvalue weighted by Gasteiger charge is -2.03. The second-order valence-electron chi connectivity index (χ2n) is 4.76. The van der Waals surface area contributed by atoms with Crippen LogP contribution in [0.1, 0.15) is 5.56 Å². The van der Waals surface area contributed by atoms with Crippen LogP contribution in [0.25, 0.3) is 28.1 Å². The molecule has 21 heavy (non-hydrogen) atoms. The number of hydrogen-bond acceptors (Lipinski definition) is 2. The van der Waals surface area contributed by atoms with Crippen molar-refractivity contribution in [3.05, 3.63) is 66.4 Å². The number of carbonyl (C=O) groups excluding carboxylic acids is 1. The molecule has 1 N–H and O–H groups in total. The number of methoxy groups -OCH3 is 1. The van der Waals surface area contributed by atoms with Crippen LogP contribution in [0.2, 0.25) is 0 Å². The van der Waals surface area contributed by atoms with Crippen LogP contribution in [-0.4, -0.2) is 18.1 Å². The number of carbonyl (C=O) groups is 1. The summed E-state index contributed by atoms with van der Waals surface area (Å²) in [5.74, 6) is -0.350. The fourth-order valence-corrected chi connectivity index (χ4v) is 2.25. The molecule has 0 saturated carbocycles. The Morgan fingerprint density at radius 1 is 1.05 bits per heavy atom. The maximum absolute atomic E-state index is 11.1. The number of esters is 1. The molecule has 3 nitrogen and oxygen atoms in total. The van der Waals surface area contributed by atoms with E-state index in [0.717, 1.165) is 16.6 Å². The fraction of sp³-hybridized carbons (Fsp3) is 0.0556. The van der Waals surface area contributed by atoms with E-state index < -0.39 is 0 Å². The first-order chi connectivity index (χ1) is 10.3. The van der Waals surface area contributed by atoms with Crippen LogP contribution in [-0.2, 0) is 9.53 Å². The molecule has 1 heterocycles. The number of ether oxygens (including phenoxy) is 1. The van der Waals surface area contributed by atoms with E-state index in [-0.39, 0.29) is 5.97 Å². The molecule has 0 bridgehead atoms. The number of rotatable bonds is 3. The van der Waals surface area contributed by atoms with Crippen LogP contribution < -0.4 is 0 Å². The normalized spacial score (nSPS) is 11.1. The molecule has 3 heteroatoms. The van der Waals surface area contributed by atoms with Crippen molar-refractivity contribution in [2.45, 2.75) is 0 Å². The fourth-order valence-electron chi connectivity index (χ4n) is 2.25. The topological polar surface area (TPSA) is 42.1 Å². The van der Waals surface area contributed by atoms with Crippen molar-refractivity contribution >= 4 is 22.9 Å². The molecule has 3 rings (SSSR count). The Morgan fingerprint density at radius 2 is 1.81 bits per heavy atom. The highest BCUT2D eigenvalue weighted by molar-refractivity contribution is 5.87. The molecular formula is C18H15NO2. The van der Waals surface area contributed by atoms with E-state index in [0.29, 0.717) is 0 Å². The Bertz CT molecular complexity index is 797. The summed E-state index contributed by atoms with van der Waals surface area (Å²) in [6.45, 7) is 0. The summed E-state index contributed by atoms with van der Waals surface area (Å²) in [5, 5.41) is 1.20. The van der Waals surface area contributed by atoms with E-state index in [1.165, 1.54) is 24.1 Å². The zero-order valence-corrected chi connectivity index (χ0v) is 11.7. The van der Waals surface area contributed by atoms with Crippen LogP contribution in [0.15, 0.2) is 60.8 Å². The lowest BCUT2D eigenvalue weighted by atomic mass is 10.0. The number of benzene rings is 2. The minimum absolute atomic E-state index is 0.350. The largest absolute Gasteiger partial charge is 0.466 e. The van der Waals surface area contributed by atoms with E-state index in [9.17, 15) is 4.79 Å². The van der Waals surface area contributed by atoms with Crippen LogP contribution in [0.5, 0.6) is 0 Å². The van der Waals surface area contributed by atoms with Gasteiger partial charge in [0.05, 0.1) is 7.11 Å². The third kappa shape index (κ3) is 2.87. The highest BCUT2D eigenvalue weighted by atomic mass is 16.5. The van der Waals surface area contributed by atoms with E-state index in [1.807, 2.05) is 30.5 Å². The molecule has 0 aliphatic rings. The molecule has 0 aliphatic carbocycles. The van der Waals surface area contributed by atoms with Gasteiger partial charge < -0.3 is 9.72 Å². The molecule has 0 saturated heterocycles. The number of H-pyrrole nitrogens is 1. The Morgan fingerprint density at radius 3 is 2.57 bits per heavy atom. The van der Waals surface area contributed by atoms with E-state index >= 15 is 0 Å². The van der Waals surface area contributed by atoms with Crippen molar-refractivity contribution in [2.24, 2.45) is 0 Å². The smallest absolute Gasteiger partial charge is 0.330 e. The van der Waals surface area contributed by atoms with Crippen molar-refractivity contribution in [1.82, 2.24) is 4.98 Å². The summed E-state index contributed by atoms with van der Waals surface area (Å²) in [6, 6.07) is 16.5. The van der Waals surface area contributed by atoms with Gasteiger partial charge in [-0.1, -0.05) is 30.3 Å². The van der Waals surface area contributed by atoms with Crippen molar-refractivity contribution in [3.63, 3.8) is 0 Å². The average molecular weight is 277 g/mol. The lowest BCUT2D eigenvalue weighted by Crippen LogP contribution is -1.93. The van der Waals surface area contributed by atoms with Gasteiger partial charge in [-0.3, -0.25) is 0 Å². The molecule has 0 fully saturated rings. The second-order valence-corrected chi connectivity index (χ2v) is 4.76. The predicted molar refractivity (Wildman–Crippen MR) is 84.8 cm³/mol. The highest BCUT2D eigenvalue weighted by Crippen LogP contribution is 2.24. The SMILES string of the molecule is COC(=O)/C=C/c1ccc(-c2ccc3[nH]ccc3c2)cc1. The Labute approximate surface area is 122 Å². The number of fused-ring (bicyclic) bond motifs is 1. The van der Waals surface area contributed by atoms with E-state index in [2.05, 4.69) is 34.0 Å². The molecule has 2 aromatic carbocycles.